The summed E-state index contributed by atoms with van der Waals surface area (Å²) in [5.41, 5.74) is 8.32. The minimum Gasteiger partial charge on any atom is -0.460 e. The van der Waals surface area contributed by atoms with Gasteiger partial charge in [0, 0.05) is 22.5 Å². The molecule has 1 aromatic heterocycles. The van der Waals surface area contributed by atoms with Gasteiger partial charge in [-0.3, -0.25) is 9.48 Å². The smallest absolute Gasteiger partial charge is 0.310 e. The maximum atomic E-state index is 14.0. The minimum atomic E-state index is -0.526. The summed E-state index contributed by atoms with van der Waals surface area (Å²) in [5.74, 6) is -0.664. The maximum Gasteiger partial charge on any atom is 0.310 e. The van der Waals surface area contributed by atoms with Gasteiger partial charge in [0.1, 0.15) is 11.4 Å². The molecule has 0 radical (unpaired) electrons. The van der Waals surface area contributed by atoms with Crippen LogP contribution in [0.15, 0.2) is 18.2 Å². The van der Waals surface area contributed by atoms with Gasteiger partial charge in [-0.15, -0.1) is 0 Å². The van der Waals surface area contributed by atoms with Gasteiger partial charge < -0.3 is 10.5 Å². The van der Waals surface area contributed by atoms with Crippen LogP contribution in [-0.4, -0.2) is 21.4 Å². The molecule has 5 nitrogen and oxygen atoms in total. The number of hydrogen-bond acceptors (Lipinski definition) is 4. The van der Waals surface area contributed by atoms with E-state index in [9.17, 15) is 9.18 Å². The molecule has 0 spiro atoms. The molecular weight excluding hydrogens is 309 g/mol. The zero-order valence-electron chi connectivity index (χ0n) is 14.8. The lowest BCUT2D eigenvalue weighted by molar-refractivity contribution is -0.153. The lowest BCUT2D eigenvalue weighted by atomic mass is 10.1. The van der Waals surface area contributed by atoms with Crippen molar-refractivity contribution in [2.24, 2.45) is 0 Å². The van der Waals surface area contributed by atoms with Gasteiger partial charge in [0.15, 0.2) is 0 Å². The average Bonchev–Trinajstić information content (AvgIpc) is 2.67. The van der Waals surface area contributed by atoms with E-state index in [0.29, 0.717) is 11.3 Å². The van der Waals surface area contributed by atoms with Crippen LogP contribution in [0.1, 0.15) is 43.3 Å². The van der Waals surface area contributed by atoms with Crippen molar-refractivity contribution in [2.75, 3.05) is 5.73 Å². The highest BCUT2D eigenvalue weighted by atomic mass is 19.1. The van der Waals surface area contributed by atoms with Crippen LogP contribution in [0.4, 0.5) is 10.1 Å². The van der Waals surface area contributed by atoms with Crippen LogP contribution in [-0.2, 0) is 22.5 Å². The maximum absolute atomic E-state index is 14.0. The second-order valence-corrected chi connectivity index (χ2v) is 6.92. The van der Waals surface area contributed by atoms with Crippen LogP contribution in [0, 0.1) is 19.7 Å². The number of hydrogen-bond donors (Lipinski definition) is 1. The molecule has 0 saturated heterocycles. The second kappa shape index (κ2) is 6.63. The Kier molecular flexibility index (Phi) is 4.96. The number of halogens is 1. The van der Waals surface area contributed by atoms with Gasteiger partial charge in [-0.2, -0.15) is 5.10 Å². The van der Waals surface area contributed by atoms with Gasteiger partial charge in [0.25, 0.3) is 0 Å². The van der Waals surface area contributed by atoms with Crippen molar-refractivity contribution in [3.05, 3.63) is 46.5 Å². The molecule has 0 aliphatic rings. The molecule has 0 unspecified atom stereocenters. The van der Waals surface area contributed by atoms with Crippen molar-refractivity contribution < 1.29 is 13.9 Å². The normalized spacial score (nSPS) is 11.6. The number of nitrogens with zero attached hydrogens (tertiary/aromatic N) is 2. The third kappa shape index (κ3) is 4.34. The first-order valence-electron chi connectivity index (χ1n) is 7.85. The number of ether oxygens (including phenoxy) is 1. The van der Waals surface area contributed by atoms with E-state index >= 15 is 0 Å². The Hall–Kier alpha value is -2.37. The summed E-state index contributed by atoms with van der Waals surface area (Å²) in [5, 5.41) is 4.43. The first-order valence-corrected chi connectivity index (χ1v) is 7.85. The topological polar surface area (TPSA) is 70.1 Å². The van der Waals surface area contributed by atoms with E-state index in [1.54, 1.807) is 16.8 Å². The second-order valence-electron chi connectivity index (χ2n) is 6.92. The summed E-state index contributed by atoms with van der Waals surface area (Å²) < 4.78 is 21.0. The number of rotatable bonds is 4. The van der Waals surface area contributed by atoms with Gasteiger partial charge >= 0.3 is 5.97 Å². The molecule has 0 bridgehead atoms. The predicted octanol–water partition coefficient (Wildman–Crippen LogP) is 3.15. The van der Waals surface area contributed by atoms with E-state index in [1.165, 1.54) is 6.07 Å². The molecule has 6 heteroatoms. The predicted molar refractivity (Wildman–Crippen MR) is 91.2 cm³/mol. The first-order chi connectivity index (χ1) is 11.1. The van der Waals surface area contributed by atoms with Crippen LogP contribution < -0.4 is 5.73 Å². The van der Waals surface area contributed by atoms with Crippen LogP contribution >= 0.6 is 0 Å². The van der Waals surface area contributed by atoms with Crippen molar-refractivity contribution in [3.8, 4) is 0 Å². The SMILES string of the molecule is Cc1nn(Cc2ccc(N)cc2F)c(C)c1CC(=O)OC(C)(C)C. The minimum absolute atomic E-state index is 0.152. The molecule has 0 amide bonds. The number of carbonyl (C=O) groups excluding carboxylic acids is 1. The fourth-order valence-electron chi connectivity index (χ4n) is 2.52. The molecule has 130 valence electrons. The zero-order valence-corrected chi connectivity index (χ0v) is 14.8. The highest BCUT2D eigenvalue weighted by Gasteiger charge is 2.20. The molecule has 2 aromatic rings. The summed E-state index contributed by atoms with van der Waals surface area (Å²) in [4.78, 5) is 12.1. The summed E-state index contributed by atoms with van der Waals surface area (Å²) >= 11 is 0. The fourth-order valence-corrected chi connectivity index (χ4v) is 2.52. The van der Waals surface area contributed by atoms with E-state index in [2.05, 4.69) is 5.10 Å². The number of anilines is 1. The van der Waals surface area contributed by atoms with Crippen molar-refractivity contribution in [2.45, 2.75) is 53.2 Å². The van der Waals surface area contributed by atoms with Crippen molar-refractivity contribution in [3.63, 3.8) is 0 Å². The lowest BCUT2D eigenvalue weighted by Crippen LogP contribution is -2.25. The highest BCUT2D eigenvalue weighted by molar-refractivity contribution is 5.73. The Morgan fingerprint density at radius 1 is 1.33 bits per heavy atom. The molecular formula is C18H24FN3O2. The lowest BCUT2D eigenvalue weighted by Gasteiger charge is -2.19. The van der Waals surface area contributed by atoms with Gasteiger partial charge in [0.2, 0.25) is 0 Å². The van der Waals surface area contributed by atoms with Crippen molar-refractivity contribution in [1.82, 2.24) is 9.78 Å². The van der Waals surface area contributed by atoms with Crippen LogP contribution in [0.3, 0.4) is 0 Å². The Labute approximate surface area is 141 Å². The number of aromatic nitrogens is 2. The molecule has 24 heavy (non-hydrogen) atoms. The van der Waals surface area contributed by atoms with E-state index in [0.717, 1.165) is 17.0 Å². The summed E-state index contributed by atoms with van der Waals surface area (Å²) in [6, 6.07) is 4.60. The van der Waals surface area contributed by atoms with Crippen molar-refractivity contribution in [1.29, 1.82) is 0 Å². The van der Waals surface area contributed by atoms with Gasteiger partial charge in [0.05, 0.1) is 18.7 Å². The number of nitrogen functional groups attached to an aromatic ring is 1. The number of esters is 1. The Balaban J connectivity index is 2.21. The molecule has 0 aliphatic carbocycles. The van der Waals surface area contributed by atoms with E-state index in [1.807, 2.05) is 34.6 Å². The third-order valence-electron chi connectivity index (χ3n) is 3.67. The highest BCUT2D eigenvalue weighted by Crippen LogP contribution is 2.19. The molecule has 2 N–H and O–H groups in total. The number of aryl methyl sites for hydroxylation is 1. The molecule has 2 rings (SSSR count). The monoisotopic (exact) mass is 333 g/mol. The number of carbonyl (C=O) groups is 1. The quantitative estimate of drug-likeness (QED) is 0.689. The number of benzene rings is 1. The van der Waals surface area contributed by atoms with Crippen LogP contribution in [0.25, 0.3) is 0 Å². The molecule has 0 fully saturated rings. The summed E-state index contributed by atoms with van der Waals surface area (Å²) in [6.45, 7) is 9.48. The van der Waals surface area contributed by atoms with Crippen LogP contribution in [0.5, 0.6) is 0 Å². The van der Waals surface area contributed by atoms with Gasteiger partial charge in [-0.05, 0) is 46.8 Å². The summed E-state index contributed by atoms with van der Waals surface area (Å²) in [7, 11) is 0. The van der Waals surface area contributed by atoms with E-state index in [-0.39, 0.29) is 24.8 Å². The van der Waals surface area contributed by atoms with E-state index < -0.39 is 5.60 Å². The fraction of sp³-hybridized carbons (Fsp3) is 0.444. The Morgan fingerprint density at radius 2 is 2.00 bits per heavy atom. The largest absolute Gasteiger partial charge is 0.460 e. The Bertz CT molecular complexity index is 760. The average molecular weight is 333 g/mol. The standard InChI is InChI=1S/C18H24FN3O2/c1-11-15(9-17(23)24-18(3,4)5)12(2)22(21-11)10-13-6-7-14(20)8-16(13)19/h6-8H,9-10,20H2,1-5H3. The third-order valence-corrected chi connectivity index (χ3v) is 3.67. The number of nitrogens with two attached hydrogens (primary N) is 1. The first kappa shape index (κ1) is 18.0. The van der Waals surface area contributed by atoms with Crippen molar-refractivity contribution >= 4 is 11.7 Å². The van der Waals surface area contributed by atoms with Gasteiger partial charge in [-0.1, -0.05) is 6.07 Å². The molecule has 0 atom stereocenters. The molecule has 1 aromatic carbocycles. The summed E-state index contributed by atoms with van der Waals surface area (Å²) in [6.07, 6.45) is 0.152. The van der Waals surface area contributed by atoms with Crippen LogP contribution in [0.2, 0.25) is 0 Å². The zero-order chi connectivity index (χ0) is 18.1. The molecule has 0 saturated carbocycles. The molecule has 0 aliphatic heterocycles. The van der Waals surface area contributed by atoms with Gasteiger partial charge in [-0.25, -0.2) is 4.39 Å². The molecule has 1 heterocycles. The Morgan fingerprint density at radius 3 is 2.58 bits per heavy atom. The van der Waals surface area contributed by atoms with E-state index in [4.69, 9.17) is 10.5 Å².